The summed E-state index contributed by atoms with van der Waals surface area (Å²) in [5.41, 5.74) is 7.42. The summed E-state index contributed by atoms with van der Waals surface area (Å²) in [5, 5.41) is 0. The van der Waals surface area contributed by atoms with Crippen LogP contribution in [0.3, 0.4) is 0 Å². The smallest absolute Gasteiger partial charge is 0.0949 e. The second kappa shape index (κ2) is 5.85. The summed E-state index contributed by atoms with van der Waals surface area (Å²) in [6, 6.07) is 0.931. The molecule has 4 heteroatoms. The van der Waals surface area contributed by atoms with E-state index in [0.29, 0.717) is 5.92 Å². The normalized spacial score (nSPS) is 17.7. The molecule has 2 N–H and O–H groups in total. The zero-order valence-corrected chi connectivity index (χ0v) is 11.8. The van der Waals surface area contributed by atoms with Gasteiger partial charge >= 0.3 is 0 Å². The Morgan fingerprint density at radius 2 is 2.22 bits per heavy atom. The minimum Gasteiger partial charge on any atom is -0.332 e. The lowest BCUT2D eigenvalue weighted by atomic mass is 10.0. The highest BCUT2D eigenvalue weighted by Crippen LogP contribution is 2.25. The third kappa shape index (κ3) is 3.56. The molecule has 0 aromatic carbocycles. The molecule has 1 aromatic rings. The maximum atomic E-state index is 6.25. The van der Waals surface area contributed by atoms with Crippen LogP contribution in [0, 0.1) is 5.92 Å². The van der Waals surface area contributed by atoms with Gasteiger partial charge in [-0.15, -0.1) is 0 Å². The average Bonchev–Trinajstić information content (AvgIpc) is 3.04. The molecule has 0 saturated heterocycles. The Hall–Kier alpha value is -0.870. The lowest BCUT2D eigenvalue weighted by Crippen LogP contribution is -2.26. The predicted molar refractivity (Wildman–Crippen MR) is 74.3 cm³/mol. The van der Waals surface area contributed by atoms with Crippen molar-refractivity contribution in [2.45, 2.75) is 51.7 Å². The molecule has 2 rings (SSSR count). The molecule has 1 fully saturated rings. The van der Waals surface area contributed by atoms with E-state index < -0.39 is 0 Å². The largest absolute Gasteiger partial charge is 0.332 e. The van der Waals surface area contributed by atoms with Gasteiger partial charge in [0.15, 0.2) is 0 Å². The summed E-state index contributed by atoms with van der Waals surface area (Å²) in [4.78, 5) is 6.70. The second-order valence-electron chi connectivity index (χ2n) is 5.96. The molecular formula is C14H26N4. The third-order valence-corrected chi connectivity index (χ3v) is 3.71. The second-order valence-corrected chi connectivity index (χ2v) is 5.96. The fourth-order valence-corrected chi connectivity index (χ4v) is 2.42. The molecule has 0 aliphatic heterocycles. The van der Waals surface area contributed by atoms with Gasteiger partial charge < -0.3 is 15.2 Å². The molecule has 1 aliphatic carbocycles. The number of hydrogen-bond acceptors (Lipinski definition) is 3. The molecule has 1 aliphatic rings. The molecule has 0 radical (unpaired) electrons. The SMILES string of the molecule is CC(C)CC(N)c1cncn1CCN(C)C1CC1. The molecule has 18 heavy (non-hydrogen) atoms. The molecule has 1 heterocycles. The van der Waals surface area contributed by atoms with Gasteiger partial charge in [-0.3, -0.25) is 0 Å². The van der Waals surface area contributed by atoms with Gasteiger partial charge in [0, 0.05) is 31.4 Å². The Labute approximate surface area is 110 Å². The maximum Gasteiger partial charge on any atom is 0.0949 e. The van der Waals surface area contributed by atoms with Crippen LogP contribution >= 0.6 is 0 Å². The molecule has 0 spiro atoms. The van der Waals surface area contributed by atoms with E-state index in [1.54, 1.807) is 0 Å². The predicted octanol–water partition coefficient (Wildman–Crippen LogP) is 2.02. The molecule has 0 bridgehead atoms. The fraction of sp³-hybridized carbons (Fsp3) is 0.786. The van der Waals surface area contributed by atoms with Crippen molar-refractivity contribution < 1.29 is 0 Å². The molecule has 1 unspecified atom stereocenters. The number of hydrogen-bond donors (Lipinski definition) is 1. The van der Waals surface area contributed by atoms with Gasteiger partial charge in [0.2, 0.25) is 0 Å². The highest BCUT2D eigenvalue weighted by Gasteiger charge is 2.25. The first-order valence-corrected chi connectivity index (χ1v) is 7.03. The van der Waals surface area contributed by atoms with Crippen molar-refractivity contribution in [1.29, 1.82) is 0 Å². The molecule has 4 nitrogen and oxygen atoms in total. The first-order valence-electron chi connectivity index (χ1n) is 7.03. The maximum absolute atomic E-state index is 6.25. The van der Waals surface area contributed by atoms with Crippen molar-refractivity contribution in [3.8, 4) is 0 Å². The molecular weight excluding hydrogens is 224 g/mol. The highest BCUT2D eigenvalue weighted by molar-refractivity contribution is 5.04. The molecule has 1 atom stereocenters. The average molecular weight is 250 g/mol. The van der Waals surface area contributed by atoms with E-state index in [1.807, 2.05) is 12.5 Å². The molecule has 1 aromatic heterocycles. The lowest BCUT2D eigenvalue weighted by Gasteiger charge is -2.19. The van der Waals surface area contributed by atoms with Crippen molar-refractivity contribution in [2.75, 3.05) is 13.6 Å². The van der Waals surface area contributed by atoms with Crippen molar-refractivity contribution in [2.24, 2.45) is 11.7 Å². The van der Waals surface area contributed by atoms with Crippen LogP contribution in [0.5, 0.6) is 0 Å². The Bertz CT molecular complexity index is 368. The van der Waals surface area contributed by atoms with Gasteiger partial charge in [-0.2, -0.15) is 0 Å². The molecule has 102 valence electrons. The number of likely N-dealkylation sites (N-methyl/N-ethyl adjacent to an activating group) is 1. The lowest BCUT2D eigenvalue weighted by molar-refractivity contribution is 0.306. The van der Waals surface area contributed by atoms with Gasteiger partial charge in [0.05, 0.1) is 12.0 Å². The highest BCUT2D eigenvalue weighted by atomic mass is 15.2. The van der Waals surface area contributed by atoms with Gasteiger partial charge in [0.1, 0.15) is 0 Å². The van der Waals surface area contributed by atoms with Crippen molar-refractivity contribution in [1.82, 2.24) is 14.5 Å². The Morgan fingerprint density at radius 3 is 2.83 bits per heavy atom. The van der Waals surface area contributed by atoms with Gasteiger partial charge in [-0.1, -0.05) is 13.8 Å². The van der Waals surface area contributed by atoms with Crippen LogP contribution in [0.15, 0.2) is 12.5 Å². The van der Waals surface area contributed by atoms with Crippen LogP contribution in [-0.4, -0.2) is 34.1 Å². The van der Waals surface area contributed by atoms with Crippen LogP contribution in [0.2, 0.25) is 0 Å². The number of imidazole rings is 1. The van der Waals surface area contributed by atoms with E-state index in [0.717, 1.165) is 25.6 Å². The summed E-state index contributed by atoms with van der Waals surface area (Å²) < 4.78 is 2.21. The van der Waals surface area contributed by atoms with E-state index in [4.69, 9.17) is 5.73 Å². The van der Waals surface area contributed by atoms with E-state index >= 15 is 0 Å². The Kier molecular flexibility index (Phi) is 4.40. The van der Waals surface area contributed by atoms with Crippen LogP contribution in [0.4, 0.5) is 0 Å². The van der Waals surface area contributed by atoms with Crippen molar-refractivity contribution in [3.05, 3.63) is 18.2 Å². The fourth-order valence-electron chi connectivity index (χ4n) is 2.42. The first-order chi connectivity index (χ1) is 8.58. The van der Waals surface area contributed by atoms with E-state index in [9.17, 15) is 0 Å². The van der Waals surface area contributed by atoms with Crippen LogP contribution < -0.4 is 5.73 Å². The van der Waals surface area contributed by atoms with E-state index in [1.165, 1.54) is 18.5 Å². The quantitative estimate of drug-likeness (QED) is 0.805. The van der Waals surface area contributed by atoms with E-state index in [-0.39, 0.29) is 6.04 Å². The number of nitrogens with zero attached hydrogens (tertiary/aromatic N) is 3. The zero-order valence-electron chi connectivity index (χ0n) is 11.8. The van der Waals surface area contributed by atoms with Crippen molar-refractivity contribution in [3.63, 3.8) is 0 Å². The van der Waals surface area contributed by atoms with Gasteiger partial charge in [-0.05, 0) is 32.2 Å². The van der Waals surface area contributed by atoms with Crippen LogP contribution in [-0.2, 0) is 6.54 Å². The molecule has 1 saturated carbocycles. The topological polar surface area (TPSA) is 47.1 Å². The van der Waals surface area contributed by atoms with E-state index in [2.05, 4.69) is 35.3 Å². The summed E-state index contributed by atoms with van der Waals surface area (Å²) >= 11 is 0. The number of rotatable bonds is 7. The minimum atomic E-state index is 0.110. The zero-order chi connectivity index (χ0) is 13.1. The summed E-state index contributed by atoms with van der Waals surface area (Å²) in [5.74, 6) is 0.623. The van der Waals surface area contributed by atoms with Gasteiger partial charge in [-0.25, -0.2) is 4.98 Å². The molecule has 0 amide bonds. The van der Waals surface area contributed by atoms with Gasteiger partial charge in [0.25, 0.3) is 0 Å². The van der Waals surface area contributed by atoms with Crippen molar-refractivity contribution >= 4 is 0 Å². The number of nitrogens with two attached hydrogens (primary N) is 1. The summed E-state index contributed by atoms with van der Waals surface area (Å²) in [6.07, 6.45) is 7.57. The first kappa shape index (κ1) is 13.6. The Morgan fingerprint density at radius 1 is 1.50 bits per heavy atom. The van der Waals surface area contributed by atoms with Crippen LogP contribution in [0.1, 0.15) is 44.8 Å². The summed E-state index contributed by atoms with van der Waals surface area (Å²) in [6.45, 7) is 6.50. The third-order valence-electron chi connectivity index (χ3n) is 3.71. The monoisotopic (exact) mass is 250 g/mol. The van der Waals surface area contributed by atoms with Crippen LogP contribution in [0.25, 0.3) is 0 Å². The minimum absolute atomic E-state index is 0.110. The number of aromatic nitrogens is 2. The Balaban J connectivity index is 1.89. The standard InChI is InChI=1S/C14H26N4/c1-11(2)8-13(15)14-9-16-10-18(14)7-6-17(3)12-4-5-12/h9-13H,4-8,15H2,1-3H3. The summed E-state index contributed by atoms with van der Waals surface area (Å²) in [7, 11) is 2.21.